The first kappa shape index (κ1) is 21.0. The van der Waals surface area contributed by atoms with Gasteiger partial charge in [0.05, 0.1) is 12.0 Å². The van der Waals surface area contributed by atoms with Crippen LogP contribution in [0.3, 0.4) is 0 Å². The van der Waals surface area contributed by atoms with E-state index in [1.54, 1.807) is 53.4 Å². The van der Waals surface area contributed by atoms with E-state index in [4.69, 9.17) is 4.74 Å². The number of hydrogen-bond acceptors (Lipinski definition) is 6. The van der Waals surface area contributed by atoms with Crippen LogP contribution in [0.25, 0.3) is 0 Å². The molecule has 7 heteroatoms. The highest BCUT2D eigenvalue weighted by atomic mass is 79.9. The van der Waals surface area contributed by atoms with Crippen LogP contribution in [0.5, 0.6) is 0 Å². The molecule has 0 saturated carbocycles. The highest BCUT2D eigenvalue weighted by molar-refractivity contribution is 9.10. The number of benzene rings is 3. The molecule has 34 heavy (non-hydrogen) atoms. The summed E-state index contributed by atoms with van der Waals surface area (Å²) in [6.07, 6.45) is 0. The number of rotatable bonds is 2. The van der Waals surface area contributed by atoms with Gasteiger partial charge in [0.2, 0.25) is 0 Å². The number of carbonyl (C=O) groups is 4. The summed E-state index contributed by atoms with van der Waals surface area (Å²) in [5.41, 5.74) is 0.923. The van der Waals surface area contributed by atoms with E-state index in [9.17, 15) is 19.2 Å². The number of nitrogens with zero attached hydrogens (tertiary/aromatic N) is 1. The molecule has 0 amide bonds. The molecule has 0 radical (unpaired) electrons. The van der Waals surface area contributed by atoms with Gasteiger partial charge >= 0.3 is 11.9 Å². The zero-order chi connectivity index (χ0) is 23.8. The largest absolute Gasteiger partial charge is 0.393 e. The van der Waals surface area contributed by atoms with Gasteiger partial charge in [-0.2, -0.15) is 0 Å². The van der Waals surface area contributed by atoms with Gasteiger partial charge in [-0.25, -0.2) is 0 Å². The fraction of sp³-hybridized carbons (Fsp3) is 0.185. The third-order valence-electron chi connectivity index (χ3n) is 7.17. The predicted octanol–water partition coefficient (Wildman–Crippen LogP) is 4.45. The SMILES string of the molecule is Cc1ccc(C2C3C(=O)OC(=O)C3C3(C(=O)c4ccccc4C3=O)N2c2ccc(Br)cc2)cc1. The zero-order valence-electron chi connectivity index (χ0n) is 18.0. The summed E-state index contributed by atoms with van der Waals surface area (Å²) < 4.78 is 5.89. The van der Waals surface area contributed by atoms with Gasteiger partial charge in [-0.15, -0.1) is 0 Å². The molecule has 0 N–H and O–H groups in total. The summed E-state index contributed by atoms with van der Waals surface area (Å²) in [7, 11) is 0. The van der Waals surface area contributed by atoms with Gasteiger partial charge in [0, 0.05) is 21.3 Å². The van der Waals surface area contributed by atoms with E-state index >= 15 is 0 Å². The Balaban J connectivity index is 1.68. The summed E-state index contributed by atoms with van der Waals surface area (Å²) in [4.78, 5) is 56.2. The molecule has 3 aliphatic rings. The van der Waals surface area contributed by atoms with Crippen LogP contribution in [0.2, 0.25) is 0 Å². The molecule has 3 aromatic carbocycles. The lowest BCUT2D eigenvalue weighted by Crippen LogP contribution is -2.59. The Kier molecular flexibility index (Phi) is 4.45. The van der Waals surface area contributed by atoms with Crippen LogP contribution in [0.1, 0.15) is 37.9 Å². The van der Waals surface area contributed by atoms with E-state index < -0.39 is 46.9 Å². The number of aryl methyl sites for hydroxylation is 1. The number of anilines is 1. The van der Waals surface area contributed by atoms with E-state index in [0.29, 0.717) is 5.69 Å². The lowest BCUT2D eigenvalue weighted by Gasteiger charge is -2.39. The highest BCUT2D eigenvalue weighted by Crippen LogP contribution is 2.59. The van der Waals surface area contributed by atoms with Crippen molar-refractivity contribution in [1.29, 1.82) is 0 Å². The number of carbonyl (C=O) groups excluding carboxylic acids is 4. The van der Waals surface area contributed by atoms with E-state index in [0.717, 1.165) is 15.6 Å². The average molecular weight is 516 g/mol. The Hall–Kier alpha value is -3.58. The first-order valence-electron chi connectivity index (χ1n) is 10.9. The molecular formula is C27H18BrNO5. The van der Waals surface area contributed by atoms with Gasteiger partial charge in [-0.1, -0.05) is 70.0 Å². The van der Waals surface area contributed by atoms with Crippen molar-refractivity contribution in [2.24, 2.45) is 11.8 Å². The summed E-state index contributed by atoms with van der Waals surface area (Å²) in [5.74, 6) is -4.75. The van der Waals surface area contributed by atoms with Crippen molar-refractivity contribution >= 4 is 45.1 Å². The fourth-order valence-electron chi connectivity index (χ4n) is 5.76. The second-order valence-electron chi connectivity index (χ2n) is 8.92. The first-order valence-corrected chi connectivity index (χ1v) is 11.7. The van der Waals surface area contributed by atoms with E-state index in [1.165, 1.54) is 0 Å². The monoisotopic (exact) mass is 515 g/mol. The third-order valence-corrected chi connectivity index (χ3v) is 7.70. The second kappa shape index (κ2) is 7.21. The predicted molar refractivity (Wildman–Crippen MR) is 126 cm³/mol. The third kappa shape index (κ3) is 2.56. The standard InChI is InChI=1S/C27H18BrNO5/c1-14-6-8-15(9-7-14)22-20-21(26(33)34-25(20)32)27(29(22)17-12-10-16(28)11-13-17)23(30)18-4-2-3-5-19(18)24(27)31/h2-13,20-22H,1H3. The summed E-state index contributed by atoms with van der Waals surface area (Å²) >= 11 is 3.43. The maximum Gasteiger partial charge on any atom is 0.320 e. The number of halogens is 1. The first-order chi connectivity index (χ1) is 16.4. The Labute approximate surface area is 203 Å². The van der Waals surface area contributed by atoms with Crippen molar-refractivity contribution in [3.8, 4) is 0 Å². The van der Waals surface area contributed by atoms with Crippen molar-refractivity contribution in [2.45, 2.75) is 18.5 Å². The number of hydrogen-bond donors (Lipinski definition) is 0. The number of Topliss-reactive ketones (excluding diaryl/α,β-unsaturated/α-hetero) is 2. The molecule has 3 unspecified atom stereocenters. The molecule has 0 aromatic heterocycles. The quantitative estimate of drug-likeness (QED) is 0.370. The minimum absolute atomic E-state index is 0.255. The van der Waals surface area contributed by atoms with Crippen molar-refractivity contribution in [3.63, 3.8) is 0 Å². The van der Waals surface area contributed by atoms with Crippen LogP contribution in [-0.4, -0.2) is 29.0 Å². The molecule has 2 fully saturated rings. The second-order valence-corrected chi connectivity index (χ2v) is 9.83. The van der Waals surface area contributed by atoms with Crippen LogP contribution < -0.4 is 4.90 Å². The maximum atomic E-state index is 14.1. The highest BCUT2D eigenvalue weighted by Gasteiger charge is 2.76. The Morgan fingerprint density at radius 2 is 1.38 bits per heavy atom. The molecule has 2 aliphatic heterocycles. The molecular weight excluding hydrogens is 498 g/mol. The van der Waals surface area contributed by atoms with Gasteiger partial charge in [0.15, 0.2) is 17.1 Å². The molecule has 1 aliphatic carbocycles. The van der Waals surface area contributed by atoms with Crippen LogP contribution in [-0.2, 0) is 14.3 Å². The topological polar surface area (TPSA) is 80.8 Å². The minimum atomic E-state index is -1.90. The summed E-state index contributed by atoms with van der Waals surface area (Å²) in [6.45, 7) is 1.95. The van der Waals surface area contributed by atoms with Gasteiger partial charge in [0.25, 0.3) is 0 Å². The molecule has 1 spiro atoms. The van der Waals surface area contributed by atoms with Crippen molar-refractivity contribution < 1.29 is 23.9 Å². The van der Waals surface area contributed by atoms with Crippen LogP contribution in [0.4, 0.5) is 5.69 Å². The number of ether oxygens (including phenoxy) is 1. The number of esters is 2. The molecule has 3 aromatic rings. The molecule has 6 rings (SSSR count). The zero-order valence-corrected chi connectivity index (χ0v) is 19.6. The van der Waals surface area contributed by atoms with Gasteiger partial charge in [0.1, 0.15) is 5.92 Å². The van der Waals surface area contributed by atoms with Crippen LogP contribution in [0, 0.1) is 18.8 Å². The molecule has 0 bridgehead atoms. The Bertz CT molecular complexity index is 1360. The molecule has 2 saturated heterocycles. The van der Waals surface area contributed by atoms with Crippen molar-refractivity contribution in [1.82, 2.24) is 0 Å². The van der Waals surface area contributed by atoms with E-state index in [2.05, 4.69) is 15.9 Å². The fourth-order valence-corrected chi connectivity index (χ4v) is 6.03. The lowest BCUT2D eigenvalue weighted by molar-refractivity contribution is -0.154. The number of ketones is 2. The van der Waals surface area contributed by atoms with Gasteiger partial charge in [-0.05, 0) is 36.8 Å². The Morgan fingerprint density at radius 1 is 0.794 bits per heavy atom. The smallest absolute Gasteiger partial charge is 0.320 e. The van der Waals surface area contributed by atoms with E-state index in [1.807, 2.05) is 31.2 Å². The van der Waals surface area contributed by atoms with Crippen LogP contribution >= 0.6 is 15.9 Å². The van der Waals surface area contributed by atoms with Crippen molar-refractivity contribution in [2.75, 3.05) is 4.90 Å². The summed E-state index contributed by atoms with van der Waals surface area (Å²) in [6, 6.07) is 20.6. The molecule has 168 valence electrons. The molecule has 3 atom stereocenters. The van der Waals surface area contributed by atoms with Gasteiger partial charge in [-0.3, -0.25) is 19.2 Å². The van der Waals surface area contributed by atoms with E-state index in [-0.39, 0.29) is 11.1 Å². The normalized spacial score (nSPS) is 24.5. The number of cyclic esters (lactones) is 2. The average Bonchev–Trinajstić information content (AvgIpc) is 3.39. The van der Waals surface area contributed by atoms with Crippen LogP contribution in [0.15, 0.2) is 77.3 Å². The molecule has 6 nitrogen and oxygen atoms in total. The van der Waals surface area contributed by atoms with Crippen molar-refractivity contribution in [3.05, 3.63) is 99.5 Å². The maximum absolute atomic E-state index is 14.1. The lowest BCUT2D eigenvalue weighted by atomic mass is 9.76. The Morgan fingerprint density at radius 3 is 1.97 bits per heavy atom. The minimum Gasteiger partial charge on any atom is -0.393 e. The summed E-state index contributed by atoms with van der Waals surface area (Å²) in [5, 5.41) is 0. The molecule has 2 heterocycles. The number of fused-ring (bicyclic) bond motifs is 3. The van der Waals surface area contributed by atoms with Gasteiger partial charge < -0.3 is 9.64 Å².